The second-order valence-electron chi connectivity index (χ2n) is 3.12. The molecule has 98 valence electrons. The summed E-state index contributed by atoms with van der Waals surface area (Å²) in [6, 6.07) is 1.09. The van der Waals surface area contributed by atoms with Crippen LogP contribution in [-0.2, 0) is 11.2 Å². The average molecular weight is 265 g/mol. The van der Waals surface area contributed by atoms with Crippen LogP contribution in [0.25, 0.3) is 0 Å². The summed E-state index contributed by atoms with van der Waals surface area (Å²) in [6.07, 6.45) is -0.881. The highest BCUT2D eigenvalue weighted by Gasteiger charge is 2.24. The summed E-state index contributed by atoms with van der Waals surface area (Å²) in [5.41, 5.74) is -1.62. The van der Waals surface area contributed by atoms with Crippen molar-refractivity contribution in [3.05, 3.63) is 33.6 Å². The highest BCUT2D eigenvalue weighted by Crippen LogP contribution is 2.29. The number of benzene rings is 1. The lowest BCUT2D eigenvalue weighted by atomic mass is 10.1. The van der Waals surface area contributed by atoms with Crippen LogP contribution in [-0.4, -0.2) is 22.6 Å². The number of nitrogens with zero attached hydrogens (tertiary/aromatic N) is 1. The molecule has 0 saturated carbocycles. The van der Waals surface area contributed by atoms with Gasteiger partial charge in [-0.1, -0.05) is 0 Å². The van der Waals surface area contributed by atoms with E-state index < -0.39 is 46.7 Å². The van der Waals surface area contributed by atoms with Crippen LogP contribution < -0.4 is 4.74 Å². The Hall–Kier alpha value is -2.32. The Labute approximate surface area is 97.7 Å². The van der Waals surface area contributed by atoms with E-state index in [9.17, 15) is 28.1 Å². The third-order valence-corrected chi connectivity index (χ3v) is 1.87. The monoisotopic (exact) mass is 265 g/mol. The van der Waals surface area contributed by atoms with E-state index >= 15 is 0 Å². The molecule has 0 saturated heterocycles. The first-order chi connectivity index (χ1) is 8.31. The number of rotatable bonds is 5. The molecular formula is C9H6F3NO5. The summed E-state index contributed by atoms with van der Waals surface area (Å²) in [6.45, 7) is -3.25. The molecule has 0 spiro atoms. The molecule has 0 atom stereocenters. The molecule has 0 fully saturated rings. The molecule has 0 bridgehead atoms. The van der Waals surface area contributed by atoms with Crippen molar-refractivity contribution in [2.24, 2.45) is 0 Å². The summed E-state index contributed by atoms with van der Waals surface area (Å²) in [4.78, 5) is 19.9. The minimum absolute atomic E-state index is 0.398. The number of aliphatic carboxylic acids is 1. The van der Waals surface area contributed by atoms with Crippen LogP contribution >= 0.6 is 0 Å². The SMILES string of the molecule is O=C(O)Cc1cc(OC(F)F)cc(F)c1[N+](=O)[O-]. The lowest BCUT2D eigenvalue weighted by Crippen LogP contribution is -2.08. The number of nitro benzene ring substituents is 1. The predicted molar refractivity (Wildman–Crippen MR) is 51.0 cm³/mol. The number of ether oxygens (including phenoxy) is 1. The fourth-order valence-corrected chi connectivity index (χ4v) is 1.30. The maximum Gasteiger partial charge on any atom is 0.387 e. The molecule has 1 N–H and O–H groups in total. The summed E-state index contributed by atoms with van der Waals surface area (Å²) >= 11 is 0. The van der Waals surface area contributed by atoms with Crippen molar-refractivity contribution in [3.63, 3.8) is 0 Å². The minimum atomic E-state index is -3.25. The van der Waals surface area contributed by atoms with Crippen LogP contribution in [0, 0.1) is 15.9 Å². The largest absolute Gasteiger partial charge is 0.481 e. The van der Waals surface area contributed by atoms with Crippen molar-refractivity contribution in [3.8, 4) is 5.75 Å². The summed E-state index contributed by atoms with van der Waals surface area (Å²) in [5, 5.41) is 19.0. The molecule has 0 unspecified atom stereocenters. The van der Waals surface area contributed by atoms with Crippen molar-refractivity contribution in [1.82, 2.24) is 0 Å². The number of alkyl halides is 2. The fraction of sp³-hybridized carbons (Fsp3) is 0.222. The Morgan fingerprint density at radius 2 is 2.11 bits per heavy atom. The molecule has 0 heterocycles. The Bertz CT molecular complexity index is 491. The van der Waals surface area contributed by atoms with Gasteiger partial charge in [-0.2, -0.15) is 13.2 Å². The van der Waals surface area contributed by atoms with Gasteiger partial charge in [-0.05, 0) is 6.07 Å². The Balaban J connectivity index is 3.27. The lowest BCUT2D eigenvalue weighted by Gasteiger charge is -2.07. The summed E-state index contributed by atoms with van der Waals surface area (Å²) < 4.78 is 41.0. The van der Waals surface area contributed by atoms with Gasteiger partial charge in [0.05, 0.1) is 11.3 Å². The van der Waals surface area contributed by atoms with Crippen LogP contribution in [0.1, 0.15) is 5.56 Å². The molecule has 0 aliphatic heterocycles. The molecule has 9 heteroatoms. The molecule has 6 nitrogen and oxygen atoms in total. The fourth-order valence-electron chi connectivity index (χ4n) is 1.30. The van der Waals surface area contributed by atoms with E-state index in [1.807, 2.05) is 0 Å². The zero-order valence-corrected chi connectivity index (χ0v) is 8.60. The molecule has 0 radical (unpaired) electrons. The Morgan fingerprint density at radius 3 is 2.56 bits per heavy atom. The first kappa shape index (κ1) is 13.7. The topological polar surface area (TPSA) is 89.7 Å². The summed E-state index contributed by atoms with van der Waals surface area (Å²) in [7, 11) is 0. The van der Waals surface area contributed by atoms with Crippen molar-refractivity contribution >= 4 is 11.7 Å². The van der Waals surface area contributed by atoms with Crippen LogP contribution in [0.3, 0.4) is 0 Å². The zero-order chi connectivity index (χ0) is 13.9. The predicted octanol–water partition coefficient (Wildman–Crippen LogP) is 1.96. The van der Waals surface area contributed by atoms with Crippen LogP contribution in [0.2, 0.25) is 0 Å². The standard InChI is InChI=1S/C9H6F3NO5/c10-6-3-5(18-9(11)12)1-4(2-7(14)15)8(6)13(16)17/h1,3,9H,2H2,(H,14,15). The molecule has 1 rings (SSSR count). The van der Waals surface area contributed by atoms with Gasteiger partial charge in [0.25, 0.3) is 0 Å². The zero-order valence-electron chi connectivity index (χ0n) is 8.60. The van der Waals surface area contributed by atoms with Crippen molar-refractivity contribution in [2.45, 2.75) is 13.0 Å². The van der Waals surface area contributed by atoms with Crippen molar-refractivity contribution in [1.29, 1.82) is 0 Å². The molecule has 0 aliphatic carbocycles. The Morgan fingerprint density at radius 1 is 1.50 bits per heavy atom. The lowest BCUT2D eigenvalue weighted by molar-refractivity contribution is -0.388. The van der Waals surface area contributed by atoms with E-state index in [-0.39, 0.29) is 0 Å². The van der Waals surface area contributed by atoms with Crippen molar-refractivity contribution in [2.75, 3.05) is 0 Å². The molecular weight excluding hydrogens is 259 g/mol. The quantitative estimate of drug-likeness (QED) is 0.649. The molecule has 1 aromatic rings. The smallest absolute Gasteiger partial charge is 0.387 e. The van der Waals surface area contributed by atoms with Gasteiger partial charge in [0, 0.05) is 11.6 Å². The van der Waals surface area contributed by atoms with Gasteiger partial charge >= 0.3 is 18.3 Å². The normalized spacial score (nSPS) is 10.4. The highest BCUT2D eigenvalue weighted by atomic mass is 19.3. The van der Waals surface area contributed by atoms with Gasteiger partial charge in [0.15, 0.2) is 0 Å². The van der Waals surface area contributed by atoms with Gasteiger partial charge in [0.2, 0.25) is 5.82 Å². The first-order valence-electron chi connectivity index (χ1n) is 4.44. The van der Waals surface area contributed by atoms with Gasteiger partial charge < -0.3 is 9.84 Å². The number of hydrogen-bond donors (Lipinski definition) is 1. The van der Waals surface area contributed by atoms with Crippen LogP contribution in [0.4, 0.5) is 18.9 Å². The van der Waals surface area contributed by atoms with Crippen LogP contribution in [0.15, 0.2) is 12.1 Å². The van der Waals surface area contributed by atoms with E-state index in [0.29, 0.717) is 12.1 Å². The second kappa shape index (κ2) is 5.34. The van der Waals surface area contributed by atoms with Gasteiger partial charge in [-0.3, -0.25) is 14.9 Å². The Kier molecular flexibility index (Phi) is 4.08. The maximum absolute atomic E-state index is 13.3. The second-order valence-corrected chi connectivity index (χ2v) is 3.12. The number of halogens is 3. The third-order valence-electron chi connectivity index (χ3n) is 1.87. The molecule has 1 aromatic carbocycles. The van der Waals surface area contributed by atoms with Gasteiger partial charge in [-0.25, -0.2) is 0 Å². The van der Waals surface area contributed by atoms with Crippen LogP contribution in [0.5, 0.6) is 5.75 Å². The number of carboxylic acid groups (broad SMARTS) is 1. The third kappa shape index (κ3) is 3.34. The van der Waals surface area contributed by atoms with E-state index in [2.05, 4.69) is 4.74 Å². The maximum atomic E-state index is 13.3. The van der Waals surface area contributed by atoms with E-state index in [0.717, 1.165) is 0 Å². The summed E-state index contributed by atoms with van der Waals surface area (Å²) in [5.74, 6) is -3.58. The van der Waals surface area contributed by atoms with E-state index in [1.54, 1.807) is 0 Å². The molecule has 0 aliphatic rings. The first-order valence-corrected chi connectivity index (χ1v) is 4.44. The number of carboxylic acids is 1. The number of hydrogen-bond acceptors (Lipinski definition) is 4. The minimum Gasteiger partial charge on any atom is -0.481 e. The highest BCUT2D eigenvalue weighted by molar-refractivity contribution is 5.72. The number of carbonyl (C=O) groups is 1. The van der Waals surface area contributed by atoms with Gasteiger partial charge in [-0.15, -0.1) is 0 Å². The van der Waals surface area contributed by atoms with E-state index in [4.69, 9.17) is 5.11 Å². The molecule has 0 aromatic heterocycles. The van der Waals surface area contributed by atoms with Gasteiger partial charge in [0.1, 0.15) is 5.75 Å². The van der Waals surface area contributed by atoms with E-state index in [1.165, 1.54) is 0 Å². The molecule has 0 amide bonds. The van der Waals surface area contributed by atoms with Crippen molar-refractivity contribution < 1.29 is 32.7 Å². The molecule has 18 heavy (non-hydrogen) atoms. The number of nitro groups is 1. The average Bonchev–Trinajstić information content (AvgIpc) is 2.12.